The summed E-state index contributed by atoms with van der Waals surface area (Å²) < 4.78 is 31.1. The van der Waals surface area contributed by atoms with Crippen molar-refractivity contribution in [3.8, 4) is 0 Å². The Morgan fingerprint density at radius 3 is 2.48 bits per heavy atom. The summed E-state index contributed by atoms with van der Waals surface area (Å²) in [6.07, 6.45) is -0.225. The van der Waals surface area contributed by atoms with Gasteiger partial charge in [0.1, 0.15) is 17.7 Å². The fraction of sp³-hybridized carbons (Fsp3) is 0.400. The molecule has 0 aliphatic rings. The topological polar surface area (TPSA) is 92.7 Å². The number of nitrogens with one attached hydrogen (secondary N) is 1. The molecule has 0 aliphatic carbocycles. The second-order valence-corrected chi connectivity index (χ2v) is 4.90. The van der Waals surface area contributed by atoms with Gasteiger partial charge in [-0.15, -0.1) is 0 Å². The van der Waals surface area contributed by atoms with E-state index < -0.39 is 47.0 Å². The Bertz CT molecular complexity index is 606. The number of benzene rings is 1. The van der Waals surface area contributed by atoms with Crippen LogP contribution in [0.3, 0.4) is 0 Å². The Kier molecular flexibility index (Phi) is 6.62. The van der Waals surface area contributed by atoms with Gasteiger partial charge in [0.15, 0.2) is 0 Å². The predicted molar refractivity (Wildman–Crippen MR) is 75.7 cm³/mol. The van der Waals surface area contributed by atoms with Crippen LogP contribution in [0.4, 0.5) is 8.78 Å². The smallest absolute Gasteiger partial charge is 0.326 e. The first kappa shape index (κ1) is 18.5. The van der Waals surface area contributed by atoms with E-state index in [2.05, 4.69) is 5.32 Å². The number of hydrogen-bond acceptors (Lipinski definition) is 4. The second-order valence-electron chi connectivity index (χ2n) is 4.90. The van der Waals surface area contributed by atoms with Gasteiger partial charge in [-0.05, 0) is 25.0 Å². The Labute approximate surface area is 131 Å². The number of halogens is 2. The largest absolute Gasteiger partial charge is 0.480 e. The van der Waals surface area contributed by atoms with Crippen LogP contribution in [0.2, 0.25) is 0 Å². The zero-order chi connectivity index (χ0) is 17.6. The van der Waals surface area contributed by atoms with Gasteiger partial charge in [-0.25, -0.2) is 13.6 Å². The molecule has 2 atom stereocenters. The minimum atomic E-state index is -1.42. The van der Waals surface area contributed by atoms with Crippen LogP contribution in [-0.4, -0.2) is 35.6 Å². The van der Waals surface area contributed by atoms with Crippen molar-refractivity contribution in [2.75, 3.05) is 6.61 Å². The summed E-state index contributed by atoms with van der Waals surface area (Å²) in [6.45, 7) is 3.20. The van der Waals surface area contributed by atoms with Crippen LogP contribution >= 0.6 is 0 Å². The average Bonchev–Trinajstić information content (AvgIpc) is 2.44. The molecule has 0 unspecified atom stereocenters. The molecule has 6 nitrogen and oxygen atoms in total. The number of amides is 1. The standard InChI is InChI=1S/C15H17F2NO5/c1-3-23-12(19)6-8(2)13(15(21)22)18-14(20)10-5-4-9(16)7-11(10)17/h4-5,7-8,13H,3,6H2,1-2H3,(H,18,20)(H,21,22)/t8-,13-/m1/s1. The summed E-state index contributed by atoms with van der Waals surface area (Å²) >= 11 is 0. The predicted octanol–water partition coefficient (Wildman–Crippen LogP) is 1.74. The molecule has 0 aliphatic heterocycles. The zero-order valence-corrected chi connectivity index (χ0v) is 12.6. The van der Waals surface area contributed by atoms with Crippen LogP contribution in [0.1, 0.15) is 30.6 Å². The van der Waals surface area contributed by atoms with Gasteiger partial charge in [0.05, 0.1) is 18.6 Å². The van der Waals surface area contributed by atoms with Gasteiger partial charge in [-0.3, -0.25) is 9.59 Å². The van der Waals surface area contributed by atoms with E-state index in [0.29, 0.717) is 6.07 Å². The quantitative estimate of drug-likeness (QED) is 0.743. The van der Waals surface area contributed by atoms with Crippen molar-refractivity contribution in [3.05, 3.63) is 35.4 Å². The highest BCUT2D eigenvalue weighted by Crippen LogP contribution is 2.13. The number of carbonyl (C=O) groups is 3. The number of aliphatic carboxylic acids is 1. The Morgan fingerprint density at radius 1 is 1.30 bits per heavy atom. The highest BCUT2D eigenvalue weighted by atomic mass is 19.1. The number of rotatable bonds is 7. The third-order valence-electron chi connectivity index (χ3n) is 3.09. The van der Waals surface area contributed by atoms with Gasteiger partial charge in [0.2, 0.25) is 0 Å². The summed E-state index contributed by atoms with van der Waals surface area (Å²) in [4.78, 5) is 34.6. The SMILES string of the molecule is CCOC(=O)C[C@@H](C)[C@@H](NC(=O)c1ccc(F)cc1F)C(=O)O. The van der Waals surface area contributed by atoms with Gasteiger partial charge in [-0.2, -0.15) is 0 Å². The maximum Gasteiger partial charge on any atom is 0.326 e. The van der Waals surface area contributed by atoms with Crippen molar-refractivity contribution >= 4 is 17.8 Å². The van der Waals surface area contributed by atoms with Crippen LogP contribution in [-0.2, 0) is 14.3 Å². The third kappa shape index (κ3) is 5.32. The van der Waals surface area contributed by atoms with Gasteiger partial charge < -0.3 is 15.2 Å². The summed E-state index contributed by atoms with van der Waals surface area (Å²) in [5, 5.41) is 11.3. The Hall–Kier alpha value is -2.51. The minimum Gasteiger partial charge on any atom is -0.480 e. The van der Waals surface area contributed by atoms with Crippen molar-refractivity contribution in [1.82, 2.24) is 5.32 Å². The van der Waals surface area contributed by atoms with Crippen LogP contribution in [0.15, 0.2) is 18.2 Å². The Balaban J connectivity index is 2.84. The molecule has 0 radical (unpaired) electrons. The van der Waals surface area contributed by atoms with Gasteiger partial charge in [0, 0.05) is 6.07 Å². The van der Waals surface area contributed by atoms with Crippen molar-refractivity contribution in [2.45, 2.75) is 26.3 Å². The molecule has 1 rings (SSSR count). The van der Waals surface area contributed by atoms with Crippen LogP contribution in [0.5, 0.6) is 0 Å². The number of esters is 1. The van der Waals surface area contributed by atoms with E-state index in [1.165, 1.54) is 6.92 Å². The first-order valence-electron chi connectivity index (χ1n) is 6.90. The molecular formula is C15H17F2NO5. The lowest BCUT2D eigenvalue weighted by Crippen LogP contribution is -2.46. The fourth-order valence-electron chi connectivity index (χ4n) is 1.94. The first-order valence-corrected chi connectivity index (χ1v) is 6.90. The lowest BCUT2D eigenvalue weighted by Gasteiger charge is -2.21. The first-order chi connectivity index (χ1) is 10.8. The molecule has 0 heterocycles. The number of hydrogen-bond donors (Lipinski definition) is 2. The molecule has 0 spiro atoms. The summed E-state index contributed by atoms with van der Waals surface area (Å²) in [5.74, 6) is -5.73. The molecule has 0 aromatic heterocycles. The van der Waals surface area contributed by atoms with Crippen LogP contribution in [0, 0.1) is 17.6 Å². The van der Waals surface area contributed by atoms with Gasteiger partial charge >= 0.3 is 11.9 Å². The van der Waals surface area contributed by atoms with E-state index in [1.54, 1.807) is 6.92 Å². The van der Waals surface area contributed by atoms with E-state index in [4.69, 9.17) is 4.74 Å². The molecule has 2 N–H and O–H groups in total. The summed E-state index contributed by atoms with van der Waals surface area (Å²) in [6, 6.07) is 0.897. The third-order valence-corrected chi connectivity index (χ3v) is 3.09. The lowest BCUT2D eigenvalue weighted by atomic mass is 9.98. The Morgan fingerprint density at radius 2 is 1.96 bits per heavy atom. The van der Waals surface area contributed by atoms with E-state index in [-0.39, 0.29) is 13.0 Å². The normalized spacial score (nSPS) is 13.0. The molecule has 0 saturated carbocycles. The van der Waals surface area contributed by atoms with Crippen molar-refractivity contribution < 1.29 is 33.0 Å². The highest BCUT2D eigenvalue weighted by Gasteiger charge is 2.29. The van der Waals surface area contributed by atoms with Crippen LogP contribution < -0.4 is 5.32 Å². The molecule has 1 aromatic rings. The molecule has 1 amide bonds. The maximum atomic E-state index is 13.5. The highest BCUT2D eigenvalue weighted by molar-refractivity contribution is 5.97. The van der Waals surface area contributed by atoms with Crippen molar-refractivity contribution in [1.29, 1.82) is 0 Å². The average molecular weight is 329 g/mol. The lowest BCUT2D eigenvalue weighted by molar-refractivity contribution is -0.145. The van der Waals surface area contributed by atoms with E-state index in [0.717, 1.165) is 12.1 Å². The maximum absolute atomic E-state index is 13.5. The number of carboxylic acid groups (broad SMARTS) is 1. The number of ether oxygens (including phenoxy) is 1. The summed E-state index contributed by atoms with van der Waals surface area (Å²) in [5.41, 5.74) is -0.485. The summed E-state index contributed by atoms with van der Waals surface area (Å²) in [7, 11) is 0. The fourth-order valence-corrected chi connectivity index (χ4v) is 1.94. The molecule has 0 bridgehead atoms. The number of carbonyl (C=O) groups excluding carboxylic acids is 2. The molecule has 0 saturated heterocycles. The second kappa shape index (κ2) is 8.21. The molecule has 126 valence electrons. The molecule has 23 heavy (non-hydrogen) atoms. The van der Waals surface area contributed by atoms with E-state index >= 15 is 0 Å². The monoisotopic (exact) mass is 329 g/mol. The minimum absolute atomic E-state index is 0.149. The zero-order valence-electron chi connectivity index (χ0n) is 12.6. The van der Waals surface area contributed by atoms with Crippen molar-refractivity contribution in [3.63, 3.8) is 0 Å². The van der Waals surface area contributed by atoms with Gasteiger partial charge in [-0.1, -0.05) is 6.92 Å². The van der Waals surface area contributed by atoms with Crippen molar-refractivity contribution in [2.24, 2.45) is 5.92 Å². The van der Waals surface area contributed by atoms with E-state index in [1.807, 2.05) is 0 Å². The molecule has 8 heteroatoms. The number of carboxylic acids is 1. The van der Waals surface area contributed by atoms with Crippen LogP contribution in [0.25, 0.3) is 0 Å². The molecule has 0 fully saturated rings. The van der Waals surface area contributed by atoms with E-state index in [9.17, 15) is 28.3 Å². The van der Waals surface area contributed by atoms with Gasteiger partial charge in [0.25, 0.3) is 5.91 Å². The molecule has 1 aromatic carbocycles. The molecular weight excluding hydrogens is 312 g/mol.